The number of alkyl carbamates (subject to hydrolysis) is 1. The van der Waals surface area contributed by atoms with E-state index >= 15 is 0 Å². The fourth-order valence-corrected chi connectivity index (χ4v) is 3.92. The van der Waals surface area contributed by atoms with Crippen molar-refractivity contribution in [2.75, 3.05) is 0 Å². The molecule has 3 rings (SSSR count). The lowest BCUT2D eigenvalue weighted by atomic mass is 10.1. The highest BCUT2D eigenvalue weighted by Crippen LogP contribution is 2.15. The highest BCUT2D eigenvalue weighted by molar-refractivity contribution is 7.09. The second kappa shape index (κ2) is 10.9. The molecule has 0 spiro atoms. The molecular weight excluding hydrogens is 422 g/mol. The van der Waals surface area contributed by atoms with E-state index in [1.54, 1.807) is 32.1 Å². The molecule has 1 unspecified atom stereocenters. The third-order valence-electron chi connectivity index (χ3n) is 4.53. The smallest absolute Gasteiger partial charge is 0.408 e. The number of amides is 2. The normalized spacial score (nSPS) is 12.1. The third-order valence-corrected chi connectivity index (χ3v) is 5.43. The van der Waals surface area contributed by atoms with Gasteiger partial charge >= 0.3 is 6.09 Å². The molecule has 0 aliphatic heterocycles. The van der Waals surface area contributed by atoms with Crippen LogP contribution >= 0.6 is 11.3 Å². The summed E-state index contributed by atoms with van der Waals surface area (Å²) in [4.78, 5) is 29.8. The Morgan fingerprint density at radius 2 is 1.62 bits per heavy atom. The minimum absolute atomic E-state index is 0.280. The van der Waals surface area contributed by atoms with Gasteiger partial charge in [0.05, 0.1) is 17.2 Å². The first-order valence-corrected chi connectivity index (χ1v) is 11.4. The SMILES string of the molecule is CC(C)(C)OC(=O)NC(Cc1ccccc1)C(=O)NCc1csc(Cc2ccccc2)n1. The van der Waals surface area contributed by atoms with Gasteiger partial charge in [0.2, 0.25) is 5.91 Å². The average molecular weight is 452 g/mol. The molecule has 3 aromatic rings. The number of hydrogen-bond donors (Lipinski definition) is 2. The fourth-order valence-electron chi connectivity index (χ4n) is 3.09. The third kappa shape index (κ3) is 7.81. The molecule has 6 nitrogen and oxygen atoms in total. The molecule has 0 fully saturated rings. The van der Waals surface area contributed by atoms with E-state index in [1.807, 2.05) is 53.9 Å². The summed E-state index contributed by atoms with van der Waals surface area (Å²) in [6.45, 7) is 5.65. The van der Waals surface area contributed by atoms with Crippen molar-refractivity contribution >= 4 is 23.3 Å². The Hall–Kier alpha value is -3.19. The number of thiazole rings is 1. The van der Waals surface area contributed by atoms with Crippen molar-refractivity contribution in [2.24, 2.45) is 0 Å². The van der Waals surface area contributed by atoms with Gasteiger partial charge in [-0.05, 0) is 31.9 Å². The van der Waals surface area contributed by atoms with Gasteiger partial charge in [0.1, 0.15) is 11.6 Å². The van der Waals surface area contributed by atoms with Crippen LogP contribution in [0.5, 0.6) is 0 Å². The molecule has 2 N–H and O–H groups in total. The number of carbonyl (C=O) groups is 2. The Labute approximate surface area is 193 Å². The maximum Gasteiger partial charge on any atom is 0.408 e. The van der Waals surface area contributed by atoms with Crippen LogP contribution < -0.4 is 10.6 Å². The Morgan fingerprint density at radius 3 is 2.25 bits per heavy atom. The van der Waals surface area contributed by atoms with Gasteiger partial charge in [-0.2, -0.15) is 0 Å². The van der Waals surface area contributed by atoms with E-state index in [0.717, 1.165) is 22.7 Å². The summed E-state index contributed by atoms with van der Waals surface area (Å²) in [6, 6.07) is 19.0. The van der Waals surface area contributed by atoms with Gasteiger partial charge in [-0.15, -0.1) is 11.3 Å². The van der Waals surface area contributed by atoms with Crippen LogP contribution in [0.4, 0.5) is 4.79 Å². The van der Waals surface area contributed by atoms with E-state index in [-0.39, 0.29) is 5.91 Å². The zero-order chi connectivity index (χ0) is 23.0. The number of ether oxygens (including phenoxy) is 1. The predicted octanol–water partition coefficient (Wildman–Crippen LogP) is 4.49. The van der Waals surface area contributed by atoms with E-state index in [2.05, 4.69) is 27.8 Å². The second-order valence-electron chi connectivity index (χ2n) is 8.50. The molecule has 0 aliphatic carbocycles. The van der Waals surface area contributed by atoms with Crippen molar-refractivity contribution in [1.29, 1.82) is 0 Å². The summed E-state index contributed by atoms with van der Waals surface area (Å²) >= 11 is 1.57. The van der Waals surface area contributed by atoms with E-state index in [1.165, 1.54) is 5.56 Å². The Balaban J connectivity index is 1.60. The highest BCUT2D eigenvalue weighted by Gasteiger charge is 2.24. The van der Waals surface area contributed by atoms with Crippen molar-refractivity contribution in [3.05, 3.63) is 87.9 Å². The lowest BCUT2D eigenvalue weighted by Gasteiger charge is -2.23. The van der Waals surface area contributed by atoms with Gasteiger partial charge in [0.25, 0.3) is 0 Å². The number of hydrogen-bond acceptors (Lipinski definition) is 5. The van der Waals surface area contributed by atoms with Gasteiger partial charge in [0, 0.05) is 18.2 Å². The first kappa shape index (κ1) is 23.5. The largest absolute Gasteiger partial charge is 0.444 e. The topological polar surface area (TPSA) is 80.3 Å². The van der Waals surface area contributed by atoms with Gasteiger partial charge in [-0.3, -0.25) is 4.79 Å². The van der Waals surface area contributed by atoms with Gasteiger partial charge < -0.3 is 15.4 Å². The van der Waals surface area contributed by atoms with Crippen molar-refractivity contribution in [1.82, 2.24) is 15.6 Å². The van der Waals surface area contributed by atoms with Crippen LogP contribution in [0.15, 0.2) is 66.0 Å². The van der Waals surface area contributed by atoms with Crippen LogP contribution in [0.1, 0.15) is 42.6 Å². The maximum atomic E-state index is 12.9. The van der Waals surface area contributed by atoms with Gasteiger partial charge in [0.15, 0.2) is 0 Å². The first-order valence-electron chi connectivity index (χ1n) is 10.6. The molecule has 0 bridgehead atoms. The molecule has 0 aliphatic rings. The fraction of sp³-hybridized carbons (Fsp3) is 0.320. The van der Waals surface area contributed by atoms with Gasteiger partial charge in [-0.1, -0.05) is 60.7 Å². The molecular formula is C25H29N3O3S. The molecule has 7 heteroatoms. The van der Waals surface area contributed by atoms with E-state index in [0.29, 0.717) is 13.0 Å². The molecule has 1 atom stereocenters. The summed E-state index contributed by atoms with van der Waals surface area (Å²) < 4.78 is 5.34. The summed E-state index contributed by atoms with van der Waals surface area (Å²) in [5.41, 5.74) is 2.29. The summed E-state index contributed by atoms with van der Waals surface area (Å²) in [7, 11) is 0. The molecule has 0 saturated carbocycles. The molecule has 0 saturated heterocycles. The van der Waals surface area contributed by atoms with Crippen LogP contribution in [0.3, 0.4) is 0 Å². The highest BCUT2D eigenvalue weighted by atomic mass is 32.1. The van der Waals surface area contributed by atoms with Crippen LogP contribution in [0.25, 0.3) is 0 Å². The van der Waals surface area contributed by atoms with E-state index in [4.69, 9.17) is 4.74 Å². The number of nitrogens with one attached hydrogen (secondary N) is 2. The van der Waals surface area contributed by atoms with E-state index in [9.17, 15) is 9.59 Å². The summed E-state index contributed by atoms with van der Waals surface area (Å²) in [5, 5.41) is 8.55. The lowest BCUT2D eigenvalue weighted by molar-refractivity contribution is -0.123. The first-order chi connectivity index (χ1) is 15.3. The van der Waals surface area contributed by atoms with Crippen LogP contribution in [-0.4, -0.2) is 28.6 Å². The monoisotopic (exact) mass is 451 g/mol. The van der Waals surface area contributed by atoms with E-state index < -0.39 is 17.7 Å². The molecule has 32 heavy (non-hydrogen) atoms. The van der Waals surface area contributed by atoms with Crippen LogP contribution in [-0.2, 0) is 28.9 Å². The number of carbonyl (C=O) groups excluding carboxylic acids is 2. The number of nitrogens with zero attached hydrogens (tertiary/aromatic N) is 1. The second-order valence-corrected chi connectivity index (χ2v) is 9.44. The quantitative estimate of drug-likeness (QED) is 0.529. The minimum Gasteiger partial charge on any atom is -0.444 e. The predicted molar refractivity (Wildman–Crippen MR) is 127 cm³/mol. The summed E-state index contributed by atoms with van der Waals surface area (Å²) in [6.07, 6.45) is 0.505. The van der Waals surface area contributed by atoms with Crippen molar-refractivity contribution < 1.29 is 14.3 Å². The molecule has 2 amide bonds. The zero-order valence-electron chi connectivity index (χ0n) is 18.6. The minimum atomic E-state index is -0.755. The number of benzene rings is 2. The number of aromatic nitrogens is 1. The average Bonchev–Trinajstić information content (AvgIpc) is 3.19. The van der Waals surface area contributed by atoms with Gasteiger partial charge in [-0.25, -0.2) is 9.78 Å². The molecule has 168 valence electrons. The van der Waals surface area contributed by atoms with Crippen molar-refractivity contribution in [2.45, 2.75) is 51.8 Å². The molecule has 1 heterocycles. The maximum absolute atomic E-state index is 12.9. The van der Waals surface area contributed by atoms with Crippen molar-refractivity contribution in [3.8, 4) is 0 Å². The Morgan fingerprint density at radius 1 is 1.00 bits per heavy atom. The molecule has 1 aromatic heterocycles. The van der Waals surface area contributed by atoms with Crippen molar-refractivity contribution in [3.63, 3.8) is 0 Å². The van der Waals surface area contributed by atoms with Crippen LogP contribution in [0.2, 0.25) is 0 Å². The standard InChI is InChI=1S/C25H29N3O3S/c1-25(2,3)31-24(30)28-21(14-18-10-6-4-7-11-18)23(29)26-16-20-17-32-22(27-20)15-19-12-8-5-9-13-19/h4-13,17,21H,14-16H2,1-3H3,(H,26,29)(H,28,30). The van der Waals surface area contributed by atoms with Crippen LogP contribution in [0, 0.1) is 0 Å². The number of rotatable bonds is 8. The molecule has 0 radical (unpaired) electrons. The Bertz CT molecular complexity index is 1010. The zero-order valence-corrected chi connectivity index (χ0v) is 19.4. The lowest BCUT2D eigenvalue weighted by Crippen LogP contribution is -2.49. The summed E-state index contributed by atoms with van der Waals surface area (Å²) in [5.74, 6) is -0.280. The molecule has 2 aromatic carbocycles. The Kier molecular flexibility index (Phi) is 8.00.